The van der Waals surface area contributed by atoms with Crippen LogP contribution in [0.2, 0.25) is 0 Å². The van der Waals surface area contributed by atoms with Crippen LogP contribution < -0.4 is 5.32 Å². The number of amides is 1. The van der Waals surface area contributed by atoms with Crippen molar-refractivity contribution in [2.45, 2.75) is 39.2 Å². The second kappa shape index (κ2) is 5.36. The molecule has 0 aliphatic heterocycles. The molecular formula is C13H22N2O. The van der Waals surface area contributed by atoms with Crippen LogP contribution in [0.3, 0.4) is 0 Å². The number of carbonyl (C=O) groups is 1. The fraction of sp³-hybridized carbons (Fsp3) is 0.769. The molecule has 0 aromatic heterocycles. The third-order valence-corrected chi connectivity index (χ3v) is 2.58. The van der Waals surface area contributed by atoms with E-state index < -0.39 is 0 Å². The average molecular weight is 222 g/mol. The van der Waals surface area contributed by atoms with Gasteiger partial charge in [-0.15, -0.1) is 6.42 Å². The highest BCUT2D eigenvalue weighted by Gasteiger charge is 2.26. The second-order valence-electron chi connectivity index (χ2n) is 5.53. The Labute approximate surface area is 98.6 Å². The van der Waals surface area contributed by atoms with Gasteiger partial charge < -0.3 is 10.2 Å². The van der Waals surface area contributed by atoms with Crippen molar-refractivity contribution >= 4 is 5.91 Å². The van der Waals surface area contributed by atoms with E-state index in [1.165, 1.54) is 12.8 Å². The molecule has 0 saturated heterocycles. The second-order valence-corrected chi connectivity index (χ2v) is 5.53. The summed E-state index contributed by atoms with van der Waals surface area (Å²) in [5.41, 5.74) is -0.0307. The van der Waals surface area contributed by atoms with Crippen molar-refractivity contribution in [3.05, 3.63) is 0 Å². The molecule has 1 rings (SSSR count). The molecule has 0 bridgehead atoms. The molecule has 1 N–H and O–H groups in total. The third kappa shape index (κ3) is 5.18. The molecule has 3 heteroatoms. The maximum absolute atomic E-state index is 11.9. The summed E-state index contributed by atoms with van der Waals surface area (Å²) in [6.07, 6.45) is 7.76. The molecule has 1 aliphatic carbocycles. The van der Waals surface area contributed by atoms with Crippen LogP contribution in [0.15, 0.2) is 0 Å². The minimum Gasteiger partial charge on any atom is -0.330 e. The van der Waals surface area contributed by atoms with Crippen molar-refractivity contribution in [3.8, 4) is 12.3 Å². The van der Waals surface area contributed by atoms with Gasteiger partial charge in [0, 0.05) is 12.1 Å². The minimum atomic E-state index is -0.0307. The molecule has 1 aliphatic rings. The summed E-state index contributed by atoms with van der Waals surface area (Å²) in [6, 6.07) is 0. The Bertz CT molecular complexity index is 281. The lowest BCUT2D eigenvalue weighted by Crippen LogP contribution is -2.45. The van der Waals surface area contributed by atoms with Crippen molar-refractivity contribution in [1.29, 1.82) is 0 Å². The maximum atomic E-state index is 11.9. The van der Waals surface area contributed by atoms with Crippen LogP contribution in [0.5, 0.6) is 0 Å². The predicted octanol–water partition coefficient (Wildman–Crippen LogP) is 1.25. The Kier molecular flexibility index (Phi) is 4.37. The molecule has 3 nitrogen and oxygen atoms in total. The van der Waals surface area contributed by atoms with E-state index in [0.29, 0.717) is 19.0 Å². The van der Waals surface area contributed by atoms with Crippen molar-refractivity contribution in [3.63, 3.8) is 0 Å². The van der Waals surface area contributed by atoms with Crippen LogP contribution in [-0.4, -0.2) is 36.0 Å². The first-order chi connectivity index (χ1) is 7.42. The van der Waals surface area contributed by atoms with Gasteiger partial charge in [0.1, 0.15) is 0 Å². The first kappa shape index (κ1) is 13.1. The summed E-state index contributed by atoms with van der Waals surface area (Å²) in [6.45, 7) is 7.78. The molecule has 1 amide bonds. The fourth-order valence-electron chi connectivity index (χ4n) is 1.43. The van der Waals surface area contributed by atoms with Gasteiger partial charge in [0.25, 0.3) is 0 Å². The summed E-state index contributed by atoms with van der Waals surface area (Å²) < 4.78 is 0. The smallest absolute Gasteiger partial charge is 0.237 e. The van der Waals surface area contributed by atoms with E-state index in [4.69, 9.17) is 6.42 Å². The highest BCUT2D eigenvalue weighted by Crippen LogP contribution is 2.29. The van der Waals surface area contributed by atoms with Gasteiger partial charge in [0.2, 0.25) is 5.91 Å². The summed E-state index contributed by atoms with van der Waals surface area (Å²) >= 11 is 0. The predicted molar refractivity (Wildman–Crippen MR) is 65.9 cm³/mol. The lowest BCUT2D eigenvalue weighted by atomic mass is 10.1. The minimum absolute atomic E-state index is 0.0307. The van der Waals surface area contributed by atoms with E-state index in [1.807, 2.05) is 20.8 Å². The number of nitrogens with one attached hydrogen (secondary N) is 1. The largest absolute Gasteiger partial charge is 0.330 e. The van der Waals surface area contributed by atoms with Gasteiger partial charge in [-0.25, -0.2) is 0 Å². The number of hydrogen-bond donors (Lipinski definition) is 1. The molecule has 0 radical (unpaired) electrons. The normalized spacial score (nSPS) is 15.6. The Morgan fingerprint density at radius 2 is 2.12 bits per heavy atom. The van der Waals surface area contributed by atoms with Gasteiger partial charge in [0.15, 0.2) is 0 Å². The average Bonchev–Trinajstić information content (AvgIpc) is 2.96. The van der Waals surface area contributed by atoms with E-state index in [1.54, 1.807) is 4.90 Å². The highest BCUT2D eigenvalue weighted by atomic mass is 16.2. The molecule has 1 fully saturated rings. The SMILES string of the molecule is C#CCN(CC1CC1)C(=O)CNC(C)(C)C. The monoisotopic (exact) mass is 222 g/mol. The fourth-order valence-corrected chi connectivity index (χ4v) is 1.43. The summed E-state index contributed by atoms with van der Waals surface area (Å²) in [5.74, 6) is 3.35. The molecule has 0 atom stereocenters. The van der Waals surface area contributed by atoms with Crippen molar-refractivity contribution in [2.75, 3.05) is 19.6 Å². The Morgan fingerprint density at radius 3 is 2.56 bits per heavy atom. The number of hydrogen-bond acceptors (Lipinski definition) is 2. The maximum Gasteiger partial charge on any atom is 0.237 e. The molecule has 90 valence electrons. The lowest BCUT2D eigenvalue weighted by Gasteiger charge is -2.24. The molecule has 0 spiro atoms. The lowest BCUT2D eigenvalue weighted by molar-refractivity contribution is -0.130. The van der Waals surface area contributed by atoms with Gasteiger partial charge in [-0.2, -0.15) is 0 Å². The van der Waals surface area contributed by atoms with E-state index in [0.717, 1.165) is 6.54 Å². The summed E-state index contributed by atoms with van der Waals surface area (Å²) in [7, 11) is 0. The summed E-state index contributed by atoms with van der Waals surface area (Å²) in [5, 5.41) is 3.19. The van der Waals surface area contributed by atoms with Crippen LogP contribution in [0.1, 0.15) is 33.6 Å². The zero-order chi connectivity index (χ0) is 12.2. The third-order valence-electron chi connectivity index (χ3n) is 2.58. The number of nitrogens with zero attached hydrogens (tertiary/aromatic N) is 1. The van der Waals surface area contributed by atoms with Gasteiger partial charge in [-0.3, -0.25) is 4.79 Å². The van der Waals surface area contributed by atoms with Crippen molar-refractivity contribution in [1.82, 2.24) is 10.2 Å². The standard InChI is InChI=1S/C13H22N2O/c1-5-8-15(10-11-6-7-11)12(16)9-14-13(2,3)4/h1,11,14H,6-10H2,2-4H3. The first-order valence-electron chi connectivity index (χ1n) is 5.88. The van der Waals surface area contributed by atoms with Crippen LogP contribution >= 0.6 is 0 Å². The van der Waals surface area contributed by atoms with Gasteiger partial charge in [-0.05, 0) is 39.5 Å². The molecule has 0 unspecified atom stereocenters. The summed E-state index contributed by atoms with van der Waals surface area (Å²) in [4.78, 5) is 13.7. The highest BCUT2D eigenvalue weighted by molar-refractivity contribution is 5.78. The van der Waals surface area contributed by atoms with Crippen LogP contribution in [0, 0.1) is 18.3 Å². The first-order valence-corrected chi connectivity index (χ1v) is 5.88. The van der Waals surface area contributed by atoms with Crippen LogP contribution in [0.4, 0.5) is 0 Å². The van der Waals surface area contributed by atoms with Crippen molar-refractivity contribution in [2.24, 2.45) is 5.92 Å². The van der Waals surface area contributed by atoms with E-state index >= 15 is 0 Å². The topological polar surface area (TPSA) is 32.3 Å². The molecule has 1 saturated carbocycles. The quantitative estimate of drug-likeness (QED) is 0.710. The Morgan fingerprint density at radius 1 is 1.50 bits per heavy atom. The van der Waals surface area contributed by atoms with Gasteiger partial charge in [-0.1, -0.05) is 5.92 Å². The molecule has 16 heavy (non-hydrogen) atoms. The Hall–Kier alpha value is -1.01. The van der Waals surface area contributed by atoms with Gasteiger partial charge >= 0.3 is 0 Å². The van der Waals surface area contributed by atoms with E-state index in [9.17, 15) is 4.79 Å². The van der Waals surface area contributed by atoms with Crippen molar-refractivity contribution < 1.29 is 4.79 Å². The number of terminal acetylenes is 1. The zero-order valence-electron chi connectivity index (χ0n) is 10.5. The molecular weight excluding hydrogens is 200 g/mol. The zero-order valence-corrected chi connectivity index (χ0v) is 10.5. The molecule has 0 aromatic carbocycles. The van der Waals surface area contributed by atoms with Crippen LogP contribution in [0.25, 0.3) is 0 Å². The van der Waals surface area contributed by atoms with E-state index in [-0.39, 0.29) is 11.4 Å². The molecule has 0 heterocycles. The number of carbonyl (C=O) groups excluding carboxylic acids is 1. The van der Waals surface area contributed by atoms with E-state index in [2.05, 4.69) is 11.2 Å². The van der Waals surface area contributed by atoms with Gasteiger partial charge in [0.05, 0.1) is 13.1 Å². The van der Waals surface area contributed by atoms with Crippen LogP contribution in [-0.2, 0) is 4.79 Å². The molecule has 0 aromatic rings. The Balaban J connectivity index is 2.37. The number of rotatable bonds is 5.